The van der Waals surface area contributed by atoms with Crippen LogP contribution >= 0.6 is 15.9 Å². The Kier molecular flexibility index (Phi) is 2.82. The monoisotopic (exact) mass is 269 g/mol. The van der Waals surface area contributed by atoms with Crippen molar-refractivity contribution in [3.8, 4) is 5.88 Å². The van der Waals surface area contributed by atoms with Crippen LogP contribution in [0.15, 0.2) is 23.1 Å². The van der Waals surface area contributed by atoms with Gasteiger partial charge in [-0.05, 0) is 22.0 Å². The number of nitrogens with one attached hydrogen (secondary N) is 1. The molecule has 0 aliphatic heterocycles. The summed E-state index contributed by atoms with van der Waals surface area (Å²) in [7, 11) is 0. The van der Waals surface area contributed by atoms with Crippen LogP contribution in [0.3, 0.4) is 0 Å². The summed E-state index contributed by atoms with van der Waals surface area (Å²) in [4.78, 5) is 7.94. The molecule has 0 saturated heterocycles. The fraction of sp³-hybridized carbons (Fsp3) is 0.125. The van der Waals surface area contributed by atoms with E-state index in [1.807, 2.05) is 6.07 Å². The fourth-order valence-corrected chi connectivity index (χ4v) is 1.24. The fourth-order valence-electron chi connectivity index (χ4n) is 0.979. The number of halogens is 1. The van der Waals surface area contributed by atoms with Crippen molar-refractivity contribution in [3.05, 3.63) is 28.8 Å². The molecule has 3 N–H and O–H groups in total. The Hall–Kier alpha value is -1.63. The molecule has 2 heterocycles. The number of aromatic amines is 1. The third-order valence-corrected chi connectivity index (χ3v) is 2.04. The molecule has 0 atom stereocenters. The van der Waals surface area contributed by atoms with Gasteiger partial charge in [0.2, 0.25) is 0 Å². The van der Waals surface area contributed by atoms with E-state index in [0.29, 0.717) is 17.1 Å². The Morgan fingerprint density at radius 3 is 3.13 bits per heavy atom. The summed E-state index contributed by atoms with van der Waals surface area (Å²) < 4.78 is 5.94. The quantitative estimate of drug-likeness (QED) is 0.872. The maximum Gasteiger partial charge on any atom is 0.258 e. The van der Waals surface area contributed by atoms with Crippen molar-refractivity contribution in [2.24, 2.45) is 0 Å². The van der Waals surface area contributed by atoms with Gasteiger partial charge in [0.15, 0.2) is 5.82 Å². The normalized spacial score (nSPS) is 10.2. The van der Waals surface area contributed by atoms with Crippen molar-refractivity contribution in [2.45, 2.75) is 6.61 Å². The summed E-state index contributed by atoms with van der Waals surface area (Å²) in [5.41, 5.74) is 6.43. The lowest BCUT2D eigenvalue weighted by molar-refractivity contribution is 0.289. The summed E-state index contributed by atoms with van der Waals surface area (Å²) in [6.45, 7) is 0.329. The van der Waals surface area contributed by atoms with E-state index in [1.54, 1.807) is 6.20 Å². The van der Waals surface area contributed by atoms with Crippen LogP contribution < -0.4 is 10.5 Å². The van der Waals surface area contributed by atoms with Crippen molar-refractivity contribution in [3.63, 3.8) is 0 Å². The van der Waals surface area contributed by atoms with Gasteiger partial charge < -0.3 is 10.5 Å². The van der Waals surface area contributed by atoms with Crippen LogP contribution in [0.5, 0.6) is 5.88 Å². The number of hydrogen-bond donors (Lipinski definition) is 2. The molecule has 0 aliphatic rings. The highest BCUT2D eigenvalue weighted by Crippen LogP contribution is 2.18. The van der Waals surface area contributed by atoms with Crippen molar-refractivity contribution < 1.29 is 4.74 Å². The van der Waals surface area contributed by atoms with Gasteiger partial charge in [-0.2, -0.15) is 5.10 Å². The number of nitrogens with two attached hydrogens (primary N) is 1. The predicted molar refractivity (Wildman–Crippen MR) is 57.1 cm³/mol. The standard InChI is InChI=1S/C8H8BrN5O/c9-6-3-11-7(10)8(13-6)15-4-5-1-2-12-14-5/h1-3H,4H2,(H2,10,11)(H,12,14). The molecule has 0 aliphatic carbocycles. The molecular formula is C8H8BrN5O. The number of anilines is 1. The number of rotatable bonds is 3. The highest BCUT2D eigenvalue weighted by atomic mass is 79.9. The van der Waals surface area contributed by atoms with Crippen LogP contribution in [-0.4, -0.2) is 20.2 Å². The Bertz CT molecular complexity index is 444. The lowest BCUT2D eigenvalue weighted by atomic mass is 10.5. The summed E-state index contributed by atoms with van der Waals surface area (Å²) in [6, 6.07) is 1.81. The molecule has 0 unspecified atom stereocenters. The Balaban J connectivity index is 2.07. The molecule has 7 heteroatoms. The molecule has 2 rings (SSSR count). The zero-order valence-electron chi connectivity index (χ0n) is 7.64. The molecule has 15 heavy (non-hydrogen) atoms. The lowest BCUT2D eigenvalue weighted by Crippen LogP contribution is -2.03. The Morgan fingerprint density at radius 1 is 1.53 bits per heavy atom. The first kappa shape index (κ1) is 9.91. The summed E-state index contributed by atoms with van der Waals surface area (Å²) in [5, 5.41) is 6.56. The second kappa shape index (κ2) is 4.26. The van der Waals surface area contributed by atoms with Crippen LogP contribution in [0.4, 0.5) is 5.82 Å². The zero-order chi connectivity index (χ0) is 10.7. The van der Waals surface area contributed by atoms with Gasteiger partial charge in [-0.3, -0.25) is 5.10 Å². The molecule has 2 aromatic rings. The van der Waals surface area contributed by atoms with Crippen LogP contribution in [0.1, 0.15) is 5.69 Å². The van der Waals surface area contributed by atoms with Crippen molar-refractivity contribution in [2.75, 3.05) is 5.73 Å². The van der Waals surface area contributed by atoms with E-state index >= 15 is 0 Å². The molecule has 0 fully saturated rings. The number of hydrogen-bond acceptors (Lipinski definition) is 5. The van der Waals surface area contributed by atoms with E-state index in [9.17, 15) is 0 Å². The number of H-pyrrole nitrogens is 1. The van der Waals surface area contributed by atoms with Crippen molar-refractivity contribution >= 4 is 21.7 Å². The van der Waals surface area contributed by atoms with Gasteiger partial charge in [0.1, 0.15) is 11.2 Å². The molecular weight excluding hydrogens is 262 g/mol. The zero-order valence-corrected chi connectivity index (χ0v) is 9.23. The van der Waals surface area contributed by atoms with E-state index < -0.39 is 0 Å². The smallest absolute Gasteiger partial charge is 0.258 e. The third-order valence-electron chi connectivity index (χ3n) is 1.66. The van der Waals surface area contributed by atoms with Gasteiger partial charge in [0.25, 0.3) is 5.88 Å². The Morgan fingerprint density at radius 2 is 2.40 bits per heavy atom. The molecule has 78 valence electrons. The van der Waals surface area contributed by atoms with E-state index in [1.165, 1.54) is 6.20 Å². The van der Waals surface area contributed by atoms with E-state index in [-0.39, 0.29) is 5.82 Å². The predicted octanol–water partition coefficient (Wildman–Crippen LogP) is 1.12. The van der Waals surface area contributed by atoms with Crippen LogP contribution in [0.2, 0.25) is 0 Å². The first-order chi connectivity index (χ1) is 7.25. The molecule has 0 aromatic carbocycles. The summed E-state index contributed by atoms with van der Waals surface area (Å²) in [5.74, 6) is 0.566. The molecule has 0 bridgehead atoms. The van der Waals surface area contributed by atoms with Crippen LogP contribution in [0.25, 0.3) is 0 Å². The molecule has 2 aromatic heterocycles. The summed E-state index contributed by atoms with van der Waals surface area (Å²) in [6.07, 6.45) is 3.16. The topological polar surface area (TPSA) is 89.7 Å². The minimum atomic E-state index is 0.262. The maximum atomic E-state index is 5.58. The second-order valence-corrected chi connectivity index (χ2v) is 3.57. The third kappa shape index (κ3) is 2.44. The average molecular weight is 270 g/mol. The van der Waals surface area contributed by atoms with E-state index in [0.717, 1.165) is 5.69 Å². The number of ether oxygens (including phenoxy) is 1. The van der Waals surface area contributed by atoms with E-state index in [4.69, 9.17) is 10.5 Å². The highest BCUT2D eigenvalue weighted by molar-refractivity contribution is 9.10. The SMILES string of the molecule is Nc1ncc(Br)nc1OCc1ccn[nH]1. The van der Waals surface area contributed by atoms with Gasteiger partial charge in [-0.1, -0.05) is 0 Å². The van der Waals surface area contributed by atoms with Gasteiger partial charge in [0, 0.05) is 6.20 Å². The number of nitrogen functional groups attached to an aromatic ring is 1. The molecule has 6 nitrogen and oxygen atoms in total. The largest absolute Gasteiger partial charge is 0.469 e. The van der Waals surface area contributed by atoms with Crippen molar-refractivity contribution in [1.29, 1.82) is 0 Å². The van der Waals surface area contributed by atoms with Crippen LogP contribution in [-0.2, 0) is 6.61 Å². The maximum absolute atomic E-state index is 5.58. The molecule has 0 amide bonds. The summed E-state index contributed by atoms with van der Waals surface area (Å²) >= 11 is 3.19. The number of aromatic nitrogens is 4. The minimum absolute atomic E-state index is 0.262. The second-order valence-electron chi connectivity index (χ2n) is 2.75. The van der Waals surface area contributed by atoms with Crippen LogP contribution in [0, 0.1) is 0 Å². The Labute approximate surface area is 94.0 Å². The van der Waals surface area contributed by atoms with Gasteiger partial charge in [-0.15, -0.1) is 0 Å². The minimum Gasteiger partial charge on any atom is -0.469 e. The number of nitrogens with zero attached hydrogens (tertiary/aromatic N) is 3. The highest BCUT2D eigenvalue weighted by Gasteiger charge is 2.05. The van der Waals surface area contributed by atoms with Gasteiger partial charge in [0.05, 0.1) is 11.9 Å². The van der Waals surface area contributed by atoms with Crippen molar-refractivity contribution in [1.82, 2.24) is 20.2 Å². The molecule has 0 saturated carbocycles. The average Bonchev–Trinajstić information content (AvgIpc) is 2.72. The molecule has 0 spiro atoms. The molecule has 0 radical (unpaired) electrons. The van der Waals surface area contributed by atoms with Gasteiger partial charge in [-0.25, -0.2) is 9.97 Å². The first-order valence-corrected chi connectivity index (χ1v) is 4.94. The van der Waals surface area contributed by atoms with E-state index in [2.05, 4.69) is 36.1 Å². The first-order valence-electron chi connectivity index (χ1n) is 4.15. The lowest BCUT2D eigenvalue weighted by Gasteiger charge is -2.05. The van der Waals surface area contributed by atoms with Gasteiger partial charge >= 0.3 is 0 Å².